The molecule has 2 aliphatic rings. The molecule has 40 heavy (non-hydrogen) atoms. The van der Waals surface area contributed by atoms with Gasteiger partial charge in [-0.05, 0) is 94.2 Å². The van der Waals surface area contributed by atoms with Gasteiger partial charge in [0.05, 0.1) is 5.56 Å². The summed E-state index contributed by atoms with van der Waals surface area (Å²) in [6.45, 7) is 7.71. The summed E-state index contributed by atoms with van der Waals surface area (Å²) in [5.74, 6) is 0.294. The first-order valence-electron chi connectivity index (χ1n) is 13.8. The SMILES string of the molecule is CC(C)(C)OC(=O)N1CCCC[C@@H]1C(=O)Nc1ccc(CN(Cc2ccc(C(F)(F)F)cc2)CC2CC2)c(Cl)c1. The molecule has 1 atom stereocenters. The number of benzene rings is 2. The second-order valence-corrected chi connectivity index (χ2v) is 12.2. The molecule has 218 valence electrons. The third-order valence-electron chi connectivity index (χ3n) is 7.05. The minimum Gasteiger partial charge on any atom is -0.444 e. The highest BCUT2D eigenvalue weighted by Crippen LogP contribution is 2.33. The fourth-order valence-corrected chi connectivity index (χ4v) is 5.11. The van der Waals surface area contributed by atoms with Gasteiger partial charge in [0.2, 0.25) is 5.91 Å². The van der Waals surface area contributed by atoms with E-state index in [1.807, 2.05) is 6.07 Å². The highest BCUT2D eigenvalue weighted by Gasteiger charge is 2.35. The summed E-state index contributed by atoms with van der Waals surface area (Å²) in [6.07, 6.45) is -0.364. The Balaban J connectivity index is 1.41. The van der Waals surface area contributed by atoms with E-state index in [-0.39, 0.29) is 5.91 Å². The number of hydrogen-bond donors (Lipinski definition) is 1. The molecule has 0 aromatic heterocycles. The predicted octanol–water partition coefficient (Wildman–Crippen LogP) is 7.50. The molecule has 10 heteroatoms. The molecule has 2 fully saturated rings. The van der Waals surface area contributed by atoms with Gasteiger partial charge < -0.3 is 10.1 Å². The highest BCUT2D eigenvalue weighted by molar-refractivity contribution is 6.31. The van der Waals surface area contributed by atoms with Crippen LogP contribution in [0.15, 0.2) is 42.5 Å². The van der Waals surface area contributed by atoms with Gasteiger partial charge in [0, 0.05) is 36.9 Å². The van der Waals surface area contributed by atoms with Gasteiger partial charge in [-0.2, -0.15) is 13.2 Å². The summed E-state index contributed by atoms with van der Waals surface area (Å²) in [5, 5.41) is 3.39. The van der Waals surface area contributed by atoms with E-state index in [0.717, 1.165) is 55.5 Å². The van der Waals surface area contributed by atoms with Crippen molar-refractivity contribution in [3.05, 3.63) is 64.2 Å². The van der Waals surface area contributed by atoms with Crippen molar-refractivity contribution in [2.75, 3.05) is 18.4 Å². The smallest absolute Gasteiger partial charge is 0.416 e. The van der Waals surface area contributed by atoms with Gasteiger partial charge in [-0.15, -0.1) is 0 Å². The van der Waals surface area contributed by atoms with Crippen LogP contribution in [0.4, 0.5) is 23.7 Å². The van der Waals surface area contributed by atoms with Crippen molar-refractivity contribution in [3.63, 3.8) is 0 Å². The predicted molar refractivity (Wildman–Crippen MR) is 149 cm³/mol. The second kappa shape index (κ2) is 12.4. The van der Waals surface area contributed by atoms with E-state index in [4.69, 9.17) is 16.3 Å². The maximum atomic E-state index is 13.2. The summed E-state index contributed by atoms with van der Waals surface area (Å²) in [6, 6.07) is 9.99. The van der Waals surface area contributed by atoms with E-state index in [2.05, 4.69) is 10.2 Å². The molecule has 0 spiro atoms. The van der Waals surface area contributed by atoms with Crippen LogP contribution in [0.3, 0.4) is 0 Å². The third-order valence-corrected chi connectivity index (χ3v) is 7.40. The Kier molecular flexibility index (Phi) is 9.35. The van der Waals surface area contributed by atoms with Crippen molar-refractivity contribution in [2.24, 2.45) is 5.92 Å². The van der Waals surface area contributed by atoms with Gasteiger partial charge >= 0.3 is 12.3 Å². The number of likely N-dealkylation sites (tertiary alicyclic amines) is 1. The summed E-state index contributed by atoms with van der Waals surface area (Å²) in [5.41, 5.74) is 0.882. The molecule has 4 rings (SSSR count). The zero-order chi connectivity index (χ0) is 29.1. The van der Waals surface area contributed by atoms with Crippen molar-refractivity contribution in [1.82, 2.24) is 9.80 Å². The van der Waals surface area contributed by atoms with Crippen molar-refractivity contribution >= 4 is 29.3 Å². The monoisotopic (exact) mass is 579 g/mol. The van der Waals surface area contributed by atoms with E-state index < -0.39 is 29.5 Å². The summed E-state index contributed by atoms with van der Waals surface area (Å²) in [7, 11) is 0. The molecule has 0 unspecified atom stereocenters. The van der Waals surface area contributed by atoms with Crippen LogP contribution >= 0.6 is 11.6 Å². The van der Waals surface area contributed by atoms with Crippen molar-refractivity contribution in [3.8, 4) is 0 Å². The quantitative estimate of drug-likeness (QED) is 0.352. The summed E-state index contributed by atoms with van der Waals surface area (Å²) >= 11 is 6.63. The van der Waals surface area contributed by atoms with Crippen LogP contribution in [-0.4, -0.2) is 46.5 Å². The molecule has 1 saturated heterocycles. The van der Waals surface area contributed by atoms with E-state index in [9.17, 15) is 22.8 Å². The first-order valence-corrected chi connectivity index (χ1v) is 14.1. The molecule has 6 nitrogen and oxygen atoms in total. The lowest BCUT2D eigenvalue weighted by atomic mass is 10.0. The van der Waals surface area contributed by atoms with Crippen LogP contribution in [0.25, 0.3) is 0 Å². The molecule has 2 amide bonds. The van der Waals surface area contributed by atoms with Crippen LogP contribution < -0.4 is 5.32 Å². The van der Waals surface area contributed by atoms with E-state index in [1.54, 1.807) is 32.9 Å². The molecule has 1 saturated carbocycles. The Morgan fingerprint density at radius 2 is 1.73 bits per heavy atom. The third kappa shape index (κ3) is 8.61. The highest BCUT2D eigenvalue weighted by atomic mass is 35.5. The number of nitrogens with zero attached hydrogens (tertiary/aromatic N) is 2. The van der Waals surface area contributed by atoms with Crippen molar-refractivity contribution in [1.29, 1.82) is 0 Å². The number of halogens is 4. The number of piperidine rings is 1. The van der Waals surface area contributed by atoms with Gasteiger partial charge in [-0.1, -0.05) is 29.8 Å². The van der Waals surface area contributed by atoms with Gasteiger partial charge in [0.25, 0.3) is 0 Å². The van der Waals surface area contributed by atoms with Crippen molar-refractivity contribution in [2.45, 2.75) is 83.8 Å². The standard InChI is InChI=1S/C30H37ClF3N3O3/c1-29(2,3)40-28(39)37-15-5-4-6-26(37)27(38)35-24-14-11-22(25(31)16-24)19-36(17-20-7-8-20)18-21-9-12-23(13-10-21)30(32,33)34/h9-14,16,20,26H,4-8,15,17-19H2,1-3H3,(H,35,38)/t26-/m1/s1. The lowest BCUT2D eigenvalue weighted by Crippen LogP contribution is -2.51. The Hall–Kier alpha value is -2.78. The minimum absolute atomic E-state index is 0.285. The average Bonchev–Trinajstić information content (AvgIpc) is 3.68. The molecule has 1 N–H and O–H groups in total. The Labute approximate surface area is 238 Å². The van der Waals surface area contributed by atoms with Gasteiger partial charge in [-0.25, -0.2) is 4.79 Å². The number of amides is 2. The molecule has 0 radical (unpaired) electrons. The van der Waals surface area contributed by atoms with Crippen LogP contribution in [0.5, 0.6) is 0 Å². The molecule has 1 heterocycles. The number of hydrogen-bond acceptors (Lipinski definition) is 4. The number of carbonyl (C=O) groups is 2. The topological polar surface area (TPSA) is 61.9 Å². The molecular weight excluding hydrogens is 543 g/mol. The van der Waals surface area contributed by atoms with Crippen LogP contribution in [0, 0.1) is 5.92 Å². The molecule has 1 aliphatic heterocycles. The maximum Gasteiger partial charge on any atom is 0.416 e. The van der Waals surface area contributed by atoms with E-state index in [0.29, 0.717) is 42.7 Å². The van der Waals surface area contributed by atoms with E-state index in [1.165, 1.54) is 17.0 Å². The summed E-state index contributed by atoms with van der Waals surface area (Å²) < 4.78 is 44.4. The van der Waals surface area contributed by atoms with Crippen LogP contribution in [0.1, 0.15) is 69.6 Å². The molecule has 1 aliphatic carbocycles. The Morgan fingerprint density at radius 3 is 2.33 bits per heavy atom. The molecule has 2 aromatic carbocycles. The largest absolute Gasteiger partial charge is 0.444 e. The maximum absolute atomic E-state index is 13.2. The molecular formula is C30H37ClF3N3O3. The van der Waals surface area contributed by atoms with E-state index >= 15 is 0 Å². The first-order chi connectivity index (χ1) is 18.8. The zero-order valence-corrected chi connectivity index (χ0v) is 23.9. The number of anilines is 1. The Bertz CT molecular complexity index is 1190. The fourth-order valence-electron chi connectivity index (χ4n) is 4.87. The Morgan fingerprint density at radius 1 is 1.02 bits per heavy atom. The van der Waals surface area contributed by atoms with Gasteiger partial charge in [0.1, 0.15) is 11.6 Å². The van der Waals surface area contributed by atoms with Crippen LogP contribution in [-0.2, 0) is 28.8 Å². The second-order valence-electron chi connectivity index (χ2n) is 11.8. The summed E-state index contributed by atoms with van der Waals surface area (Å²) in [4.78, 5) is 29.6. The number of ether oxygens (including phenoxy) is 1. The van der Waals surface area contributed by atoms with Gasteiger partial charge in [-0.3, -0.25) is 14.6 Å². The zero-order valence-electron chi connectivity index (χ0n) is 23.2. The normalized spacial score (nSPS) is 18.1. The number of rotatable bonds is 8. The lowest BCUT2D eigenvalue weighted by molar-refractivity contribution is -0.137. The lowest BCUT2D eigenvalue weighted by Gasteiger charge is -2.35. The number of alkyl halides is 3. The van der Waals surface area contributed by atoms with Gasteiger partial charge in [0.15, 0.2) is 0 Å². The number of nitrogens with one attached hydrogen (secondary N) is 1. The van der Waals surface area contributed by atoms with Crippen molar-refractivity contribution < 1.29 is 27.5 Å². The average molecular weight is 580 g/mol. The fraction of sp³-hybridized carbons (Fsp3) is 0.533. The first kappa shape index (κ1) is 30.2. The molecule has 0 bridgehead atoms. The number of carbonyl (C=O) groups excluding carboxylic acids is 2. The minimum atomic E-state index is -4.36. The molecule has 2 aromatic rings. The van der Waals surface area contributed by atoms with Crippen LogP contribution in [0.2, 0.25) is 5.02 Å².